The maximum Gasteiger partial charge on any atom is 0.332 e. The van der Waals surface area contributed by atoms with Crippen LogP contribution in [0.25, 0.3) is 11.2 Å². The van der Waals surface area contributed by atoms with Crippen LogP contribution in [-0.4, -0.2) is 44.7 Å². The lowest BCUT2D eigenvalue weighted by atomic mass is 10.3. The summed E-state index contributed by atoms with van der Waals surface area (Å²) in [5.41, 5.74) is 0.339. The first-order valence-electron chi connectivity index (χ1n) is 9.16. The maximum absolute atomic E-state index is 12.5. The van der Waals surface area contributed by atoms with Crippen LogP contribution in [0.15, 0.2) is 39.9 Å². The van der Waals surface area contributed by atoms with E-state index in [9.17, 15) is 14.4 Å². The number of halogens is 1. The van der Waals surface area contributed by atoms with Crippen molar-refractivity contribution in [2.45, 2.75) is 13.0 Å². The van der Waals surface area contributed by atoms with Crippen molar-refractivity contribution >= 4 is 34.4 Å². The molecule has 2 aromatic heterocycles. The van der Waals surface area contributed by atoms with E-state index in [4.69, 9.17) is 11.6 Å². The molecule has 2 heterocycles. The third-order valence-electron chi connectivity index (χ3n) is 4.79. The summed E-state index contributed by atoms with van der Waals surface area (Å²) in [5, 5.41) is 2.81. The van der Waals surface area contributed by atoms with Gasteiger partial charge in [-0.2, -0.15) is 4.98 Å². The summed E-state index contributed by atoms with van der Waals surface area (Å²) in [6.07, 6.45) is 0.756. The van der Waals surface area contributed by atoms with E-state index in [-0.39, 0.29) is 28.9 Å². The van der Waals surface area contributed by atoms with E-state index in [2.05, 4.69) is 15.2 Å². The van der Waals surface area contributed by atoms with Crippen molar-refractivity contribution in [3.05, 3.63) is 56.5 Å². The van der Waals surface area contributed by atoms with E-state index in [0.717, 1.165) is 23.2 Å². The van der Waals surface area contributed by atoms with Crippen molar-refractivity contribution in [3.63, 3.8) is 0 Å². The number of aryl methyl sites for hydroxylation is 1. The van der Waals surface area contributed by atoms with Gasteiger partial charge in [0.1, 0.15) is 6.54 Å². The Bertz CT molecular complexity index is 1150. The molecule has 9 nitrogen and oxygen atoms in total. The summed E-state index contributed by atoms with van der Waals surface area (Å²) < 4.78 is 3.52. The van der Waals surface area contributed by atoms with Crippen LogP contribution in [0.5, 0.6) is 0 Å². The third kappa shape index (κ3) is 4.19. The normalized spacial score (nSPS) is 11.0. The van der Waals surface area contributed by atoms with Gasteiger partial charge in [0.15, 0.2) is 11.2 Å². The highest BCUT2D eigenvalue weighted by molar-refractivity contribution is 6.29. The van der Waals surface area contributed by atoms with Crippen LogP contribution in [0.3, 0.4) is 0 Å². The standard InChI is InChI=1S/C19H23ClN6O3/c1-23(13-8-5-4-6-9-13)11-7-10-21-14(27)12-26-15-16(22-18(26)20)24(2)19(29)25(3)17(15)28/h4-6,8-9H,7,10-12H2,1-3H3,(H,21,27). The summed E-state index contributed by atoms with van der Waals surface area (Å²) in [7, 11) is 4.87. The molecule has 0 unspecified atom stereocenters. The van der Waals surface area contributed by atoms with Gasteiger partial charge in [-0.15, -0.1) is 0 Å². The second-order valence-electron chi connectivity index (χ2n) is 6.81. The molecule has 0 spiro atoms. The van der Waals surface area contributed by atoms with Gasteiger partial charge in [-0.25, -0.2) is 4.79 Å². The van der Waals surface area contributed by atoms with Gasteiger partial charge in [0.25, 0.3) is 5.56 Å². The predicted octanol–water partition coefficient (Wildman–Crippen LogP) is 0.730. The highest BCUT2D eigenvalue weighted by Gasteiger charge is 2.19. The molecule has 0 fully saturated rings. The Labute approximate surface area is 172 Å². The number of aromatic nitrogens is 4. The van der Waals surface area contributed by atoms with Crippen molar-refractivity contribution in [1.29, 1.82) is 0 Å². The van der Waals surface area contributed by atoms with Crippen LogP contribution in [-0.2, 0) is 25.4 Å². The minimum Gasteiger partial charge on any atom is -0.375 e. The van der Waals surface area contributed by atoms with Crippen LogP contribution >= 0.6 is 11.6 Å². The minimum absolute atomic E-state index is 0.0164. The molecule has 10 heteroatoms. The summed E-state index contributed by atoms with van der Waals surface area (Å²) in [5.74, 6) is -0.288. The molecule has 0 saturated carbocycles. The first kappa shape index (κ1) is 20.7. The SMILES string of the molecule is CN(CCCNC(=O)Cn1c(Cl)nc2c1c(=O)n(C)c(=O)n2C)c1ccccc1. The second-order valence-corrected chi connectivity index (χ2v) is 7.14. The zero-order valence-electron chi connectivity index (χ0n) is 16.6. The van der Waals surface area contributed by atoms with E-state index in [0.29, 0.717) is 6.54 Å². The molecule has 0 radical (unpaired) electrons. The van der Waals surface area contributed by atoms with Crippen LogP contribution in [0.1, 0.15) is 6.42 Å². The number of carbonyl (C=O) groups is 1. The Kier molecular flexibility index (Phi) is 6.07. The van der Waals surface area contributed by atoms with Crippen molar-refractivity contribution in [2.75, 3.05) is 25.0 Å². The van der Waals surface area contributed by atoms with Crippen molar-refractivity contribution in [3.8, 4) is 0 Å². The Morgan fingerprint density at radius 3 is 2.55 bits per heavy atom. The highest BCUT2D eigenvalue weighted by Crippen LogP contribution is 2.15. The summed E-state index contributed by atoms with van der Waals surface area (Å²) in [6.45, 7) is 1.11. The number of nitrogens with zero attached hydrogens (tertiary/aromatic N) is 5. The average molecular weight is 419 g/mol. The maximum atomic E-state index is 12.5. The van der Waals surface area contributed by atoms with Gasteiger partial charge in [-0.1, -0.05) is 18.2 Å². The third-order valence-corrected chi connectivity index (χ3v) is 5.08. The van der Waals surface area contributed by atoms with Crippen molar-refractivity contribution in [1.82, 2.24) is 24.0 Å². The van der Waals surface area contributed by atoms with E-state index >= 15 is 0 Å². The van der Waals surface area contributed by atoms with Gasteiger partial charge >= 0.3 is 5.69 Å². The minimum atomic E-state index is -0.542. The van der Waals surface area contributed by atoms with Gasteiger partial charge < -0.3 is 10.2 Å². The summed E-state index contributed by atoms with van der Waals surface area (Å²) in [4.78, 5) is 43.0. The van der Waals surface area contributed by atoms with E-state index in [1.54, 1.807) is 0 Å². The fourth-order valence-electron chi connectivity index (χ4n) is 3.12. The lowest BCUT2D eigenvalue weighted by molar-refractivity contribution is -0.121. The monoisotopic (exact) mass is 418 g/mol. The molecular formula is C19H23ClN6O3. The molecule has 3 aromatic rings. The number of anilines is 1. The number of fused-ring (bicyclic) bond motifs is 1. The Morgan fingerprint density at radius 1 is 1.17 bits per heavy atom. The molecule has 0 saturated heterocycles. The molecule has 0 aliphatic carbocycles. The quantitative estimate of drug-likeness (QED) is 0.451. The number of hydrogen-bond acceptors (Lipinski definition) is 5. The molecule has 0 atom stereocenters. The van der Waals surface area contributed by atoms with Gasteiger partial charge in [-0.05, 0) is 30.2 Å². The fourth-order valence-corrected chi connectivity index (χ4v) is 3.34. The molecular weight excluding hydrogens is 396 g/mol. The Balaban J connectivity index is 1.64. The largest absolute Gasteiger partial charge is 0.375 e. The first-order valence-corrected chi connectivity index (χ1v) is 9.53. The zero-order chi connectivity index (χ0) is 21.1. The van der Waals surface area contributed by atoms with Crippen LogP contribution in [0.4, 0.5) is 5.69 Å². The Hall–Kier alpha value is -3.07. The van der Waals surface area contributed by atoms with Crippen LogP contribution < -0.4 is 21.5 Å². The predicted molar refractivity (Wildman–Crippen MR) is 113 cm³/mol. The average Bonchev–Trinajstić information content (AvgIpc) is 3.04. The topological polar surface area (TPSA) is 94.2 Å². The number of nitrogens with one attached hydrogen (secondary N) is 1. The van der Waals surface area contributed by atoms with Gasteiger partial charge in [0, 0.05) is 39.9 Å². The molecule has 1 N–H and O–H groups in total. The number of rotatable bonds is 7. The number of para-hydroxylation sites is 1. The number of imidazole rings is 1. The molecule has 3 rings (SSSR count). The van der Waals surface area contributed by atoms with E-state index < -0.39 is 11.2 Å². The van der Waals surface area contributed by atoms with Crippen LogP contribution in [0.2, 0.25) is 5.28 Å². The molecule has 1 aromatic carbocycles. The second kappa shape index (κ2) is 8.52. The zero-order valence-corrected chi connectivity index (χ0v) is 17.3. The Morgan fingerprint density at radius 2 is 1.86 bits per heavy atom. The van der Waals surface area contributed by atoms with Crippen molar-refractivity contribution < 1.29 is 4.79 Å². The number of carbonyl (C=O) groups excluding carboxylic acids is 1. The van der Waals surface area contributed by atoms with Crippen LogP contribution in [0, 0.1) is 0 Å². The molecule has 1 amide bonds. The molecule has 154 valence electrons. The molecule has 0 bridgehead atoms. The summed E-state index contributed by atoms with van der Waals surface area (Å²) >= 11 is 6.13. The lowest BCUT2D eigenvalue weighted by Crippen LogP contribution is -2.38. The van der Waals surface area contributed by atoms with E-state index in [1.165, 1.54) is 23.2 Å². The molecule has 0 aliphatic heterocycles. The molecule has 0 aliphatic rings. The first-order chi connectivity index (χ1) is 13.8. The van der Waals surface area contributed by atoms with Gasteiger partial charge in [0.05, 0.1) is 0 Å². The van der Waals surface area contributed by atoms with E-state index in [1.807, 2.05) is 37.4 Å². The molecule has 29 heavy (non-hydrogen) atoms. The lowest BCUT2D eigenvalue weighted by Gasteiger charge is -2.19. The van der Waals surface area contributed by atoms with Gasteiger partial charge in [-0.3, -0.25) is 23.3 Å². The highest BCUT2D eigenvalue weighted by atomic mass is 35.5. The number of hydrogen-bond donors (Lipinski definition) is 1. The smallest absolute Gasteiger partial charge is 0.332 e. The van der Waals surface area contributed by atoms with Crippen molar-refractivity contribution in [2.24, 2.45) is 14.1 Å². The summed E-state index contributed by atoms with van der Waals surface area (Å²) in [6, 6.07) is 9.98. The number of amides is 1. The fraction of sp³-hybridized carbons (Fsp3) is 0.368. The number of benzene rings is 1. The van der Waals surface area contributed by atoms with Gasteiger partial charge in [0.2, 0.25) is 11.2 Å².